The molecule has 0 aliphatic rings. The predicted octanol–water partition coefficient (Wildman–Crippen LogP) is 3.10. The number of hydrogen-bond donors (Lipinski definition) is 3. The number of nitrogen functional groups attached to an aromatic ring is 1. The Hall–Kier alpha value is -2.49. The Kier molecular flexibility index (Phi) is 3.94. The second-order valence-electron chi connectivity index (χ2n) is 4.74. The summed E-state index contributed by atoms with van der Waals surface area (Å²) in [5, 5.41) is 12.5. The second-order valence-corrected chi connectivity index (χ2v) is 4.74. The van der Waals surface area contributed by atoms with Crippen LogP contribution in [0.4, 0.5) is 11.4 Å². The molecule has 104 valence electrons. The van der Waals surface area contributed by atoms with Crippen molar-refractivity contribution in [2.24, 2.45) is 0 Å². The summed E-state index contributed by atoms with van der Waals surface area (Å²) in [6.07, 6.45) is 0.846. The van der Waals surface area contributed by atoms with Crippen molar-refractivity contribution in [3.63, 3.8) is 0 Å². The molecule has 0 aliphatic carbocycles. The van der Waals surface area contributed by atoms with Crippen LogP contribution in [-0.2, 0) is 6.42 Å². The Morgan fingerprint density at radius 3 is 2.60 bits per heavy atom. The van der Waals surface area contributed by atoms with Crippen molar-refractivity contribution in [3.8, 4) is 5.75 Å². The topological polar surface area (TPSA) is 75.3 Å². The van der Waals surface area contributed by atoms with Gasteiger partial charge in [-0.2, -0.15) is 0 Å². The van der Waals surface area contributed by atoms with E-state index < -0.39 is 0 Å². The average Bonchev–Trinajstić information content (AvgIpc) is 2.38. The highest BCUT2D eigenvalue weighted by molar-refractivity contribution is 6.06. The van der Waals surface area contributed by atoms with E-state index in [4.69, 9.17) is 5.73 Å². The van der Waals surface area contributed by atoms with Crippen LogP contribution in [0.2, 0.25) is 0 Å². The van der Waals surface area contributed by atoms with Crippen molar-refractivity contribution >= 4 is 17.3 Å². The third-order valence-corrected chi connectivity index (χ3v) is 3.18. The van der Waals surface area contributed by atoms with E-state index in [0.717, 1.165) is 17.5 Å². The molecule has 2 aromatic carbocycles. The van der Waals surface area contributed by atoms with Crippen molar-refractivity contribution in [1.82, 2.24) is 0 Å². The van der Waals surface area contributed by atoms with Crippen LogP contribution in [0.3, 0.4) is 0 Å². The molecule has 2 rings (SSSR count). The van der Waals surface area contributed by atoms with E-state index in [1.807, 2.05) is 19.9 Å². The fraction of sp³-hybridized carbons (Fsp3) is 0.188. The first-order valence-corrected chi connectivity index (χ1v) is 6.50. The molecule has 0 fully saturated rings. The van der Waals surface area contributed by atoms with Crippen molar-refractivity contribution in [2.45, 2.75) is 20.3 Å². The third-order valence-electron chi connectivity index (χ3n) is 3.18. The third kappa shape index (κ3) is 2.91. The van der Waals surface area contributed by atoms with Gasteiger partial charge in [-0.1, -0.05) is 19.1 Å². The fourth-order valence-electron chi connectivity index (χ4n) is 2.03. The van der Waals surface area contributed by atoms with Gasteiger partial charge in [0.2, 0.25) is 0 Å². The van der Waals surface area contributed by atoms with Crippen LogP contribution < -0.4 is 11.1 Å². The van der Waals surface area contributed by atoms with Crippen LogP contribution in [0.25, 0.3) is 0 Å². The Bertz CT molecular complexity index is 651. The highest BCUT2D eigenvalue weighted by Crippen LogP contribution is 2.22. The van der Waals surface area contributed by atoms with Crippen LogP contribution in [0, 0.1) is 6.92 Å². The van der Waals surface area contributed by atoms with Gasteiger partial charge in [-0.25, -0.2) is 0 Å². The maximum absolute atomic E-state index is 12.1. The number of phenols is 1. The monoisotopic (exact) mass is 270 g/mol. The summed E-state index contributed by atoms with van der Waals surface area (Å²) in [7, 11) is 0. The number of amides is 1. The number of aryl methyl sites for hydroxylation is 2. The molecule has 0 heterocycles. The Morgan fingerprint density at radius 2 is 2.00 bits per heavy atom. The van der Waals surface area contributed by atoms with Gasteiger partial charge in [-0.15, -0.1) is 0 Å². The number of nitrogens with one attached hydrogen (secondary N) is 1. The molecule has 0 spiro atoms. The average molecular weight is 270 g/mol. The highest BCUT2D eigenvalue weighted by Gasteiger charge is 2.11. The van der Waals surface area contributed by atoms with Gasteiger partial charge in [-0.3, -0.25) is 4.79 Å². The van der Waals surface area contributed by atoms with Crippen LogP contribution in [0.1, 0.15) is 28.4 Å². The molecule has 0 saturated carbocycles. The summed E-state index contributed by atoms with van der Waals surface area (Å²) in [4.78, 5) is 12.1. The Labute approximate surface area is 118 Å². The number of nitrogens with two attached hydrogens (primary N) is 1. The minimum Gasteiger partial charge on any atom is -0.507 e. The summed E-state index contributed by atoms with van der Waals surface area (Å²) in [5.41, 5.74) is 9.35. The van der Waals surface area contributed by atoms with E-state index in [1.165, 1.54) is 0 Å². The molecule has 4 nitrogen and oxygen atoms in total. The van der Waals surface area contributed by atoms with Gasteiger partial charge in [0.05, 0.1) is 5.56 Å². The largest absolute Gasteiger partial charge is 0.507 e. The lowest BCUT2D eigenvalue weighted by atomic mass is 10.1. The molecule has 4 heteroatoms. The molecular formula is C16H18N2O2. The number of aromatic hydroxyl groups is 1. The predicted molar refractivity (Wildman–Crippen MR) is 81.0 cm³/mol. The first kappa shape index (κ1) is 13.9. The van der Waals surface area contributed by atoms with E-state index in [2.05, 4.69) is 5.32 Å². The molecule has 4 N–H and O–H groups in total. The summed E-state index contributed by atoms with van der Waals surface area (Å²) in [6.45, 7) is 3.87. The maximum Gasteiger partial charge on any atom is 0.259 e. The quantitative estimate of drug-likeness (QED) is 0.750. The number of benzene rings is 2. The molecule has 0 unspecified atom stereocenters. The van der Waals surface area contributed by atoms with Gasteiger partial charge in [0.15, 0.2) is 0 Å². The van der Waals surface area contributed by atoms with Crippen LogP contribution in [-0.4, -0.2) is 11.0 Å². The van der Waals surface area contributed by atoms with Gasteiger partial charge in [0.25, 0.3) is 5.91 Å². The summed E-state index contributed by atoms with van der Waals surface area (Å²) in [6, 6.07) is 10.4. The van der Waals surface area contributed by atoms with Gasteiger partial charge in [-0.05, 0) is 48.7 Å². The minimum atomic E-state index is -0.355. The molecular weight excluding hydrogens is 252 g/mol. The highest BCUT2D eigenvalue weighted by atomic mass is 16.3. The maximum atomic E-state index is 12.1. The SMILES string of the molecule is CCc1ccc(NC(=O)c2ccc(C)cc2O)cc1N. The second kappa shape index (κ2) is 5.65. The number of hydrogen-bond acceptors (Lipinski definition) is 3. The molecule has 0 atom stereocenters. The van der Waals surface area contributed by atoms with Crippen LogP contribution >= 0.6 is 0 Å². The van der Waals surface area contributed by atoms with Crippen molar-refractivity contribution in [1.29, 1.82) is 0 Å². The van der Waals surface area contributed by atoms with Crippen LogP contribution in [0.5, 0.6) is 5.75 Å². The lowest BCUT2D eigenvalue weighted by molar-refractivity contribution is 0.102. The lowest BCUT2D eigenvalue weighted by Gasteiger charge is -2.10. The molecule has 2 aromatic rings. The van der Waals surface area contributed by atoms with Gasteiger partial charge in [0, 0.05) is 11.4 Å². The summed E-state index contributed by atoms with van der Waals surface area (Å²) >= 11 is 0. The lowest BCUT2D eigenvalue weighted by Crippen LogP contribution is -2.12. The first-order chi connectivity index (χ1) is 9.51. The van der Waals surface area contributed by atoms with E-state index in [0.29, 0.717) is 11.4 Å². The van der Waals surface area contributed by atoms with Gasteiger partial charge < -0.3 is 16.2 Å². The molecule has 0 aliphatic heterocycles. The zero-order valence-electron chi connectivity index (χ0n) is 11.6. The number of carbonyl (C=O) groups excluding carboxylic acids is 1. The van der Waals surface area contributed by atoms with Gasteiger partial charge in [0.1, 0.15) is 5.75 Å². The molecule has 1 amide bonds. The molecule has 0 bridgehead atoms. The van der Waals surface area contributed by atoms with Crippen molar-refractivity contribution < 1.29 is 9.90 Å². The first-order valence-electron chi connectivity index (χ1n) is 6.50. The molecule has 0 aromatic heterocycles. The Morgan fingerprint density at radius 1 is 1.25 bits per heavy atom. The standard InChI is InChI=1S/C16H18N2O2/c1-3-11-5-6-12(9-14(11)17)18-16(20)13-7-4-10(2)8-15(13)19/h4-9,19H,3,17H2,1-2H3,(H,18,20). The van der Waals surface area contributed by atoms with E-state index >= 15 is 0 Å². The number of anilines is 2. The normalized spacial score (nSPS) is 10.3. The molecule has 20 heavy (non-hydrogen) atoms. The smallest absolute Gasteiger partial charge is 0.259 e. The molecule has 0 radical (unpaired) electrons. The fourth-order valence-corrected chi connectivity index (χ4v) is 2.03. The number of rotatable bonds is 3. The molecule has 0 saturated heterocycles. The Balaban J connectivity index is 2.21. The zero-order chi connectivity index (χ0) is 14.7. The minimum absolute atomic E-state index is 0.0272. The summed E-state index contributed by atoms with van der Waals surface area (Å²) < 4.78 is 0. The van der Waals surface area contributed by atoms with Crippen LogP contribution in [0.15, 0.2) is 36.4 Å². The van der Waals surface area contributed by atoms with Crippen molar-refractivity contribution in [3.05, 3.63) is 53.1 Å². The van der Waals surface area contributed by atoms with Gasteiger partial charge >= 0.3 is 0 Å². The van der Waals surface area contributed by atoms with E-state index in [-0.39, 0.29) is 17.2 Å². The summed E-state index contributed by atoms with van der Waals surface area (Å²) in [5.74, 6) is -0.383. The van der Waals surface area contributed by atoms with E-state index in [9.17, 15) is 9.90 Å². The number of phenolic OH excluding ortho intramolecular Hbond substituents is 1. The zero-order valence-corrected chi connectivity index (χ0v) is 11.6. The van der Waals surface area contributed by atoms with Crippen molar-refractivity contribution in [2.75, 3.05) is 11.1 Å². The van der Waals surface area contributed by atoms with E-state index in [1.54, 1.807) is 30.3 Å². The number of carbonyl (C=O) groups is 1.